The second-order valence-corrected chi connectivity index (χ2v) is 4.42. The number of benzene rings is 1. The van der Waals surface area contributed by atoms with Crippen molar-refractivity contribution in [1.82, 2.24) is 4.98 Å². The highest BCUT2D eigenvalue weighted by Gasteiger charge is 2.08. The third-order valence-electron chi connectivity index (χ3n) is 2.11. The van der Waals surface area contributed by atoms with E-state index in [1.54, 1.807) is 6.26 Å². The van der Waals surface area contributed by atoms with Crippen molar-refractivity contribution >= 4 is 27.5 Å². The van der Waals surface area contributed by atoms with Crippen molar-refractivity contribution < 1.29 is 4.42 Å². The predicted molar refractivity (Wildman–Crippen MR) is 63.9 cm³/mol. The Morgan fingerprint density at radius 2 is 2.27 bits per heavy atom. The van der Waals surface area contributed by atoms with Crippen LogP contribution < -0.4 is 0 Å². The number of aryl methyl sites for hydroxylation is 1. The quantitative estimate of drug-likeness (QED) is 0.775. The maximum absolute atomic E-state index is 5.66. The smallest absolute Gasteiger partial charge is 0.226 e. The molecule has 0 amide bonds. The number of hydrogen-bond donors (Lipinski definition) is 0. The minimum absolute atomic E-state index is 0.374. The van der Waals surface area contributed by atoms with Crippen molar-refractivity contribution in [1.29, 1.82) is 0 Å². The van der Waals surface area contributed by atoms with Crippen LogP contribution >= 0.6 is 27.5 Å². The van der Waals surface area contributed by atoms with Gasteiger partial charge in [0.1, 0.15) is 6.26 Å². The summed E-state index contributed by atoms with van der Waals surface area (Å²) in [5.74, 6) is 0.995. The molecule has 1 aromatic carbocycles. The molecule has 0 atom stereocenters. The van der Waals surface area contributed by atoms with Gasteiger partial charge in [-0.2, -0.15) is 0 Å². The first-order valence-corrected chi connectivity index (χ1v) is 5.80. The average molecular weight is 287 g/mol. The predicted octanol–water partition coefficient (Wildman–Crippen LogP) is 4.15. The van der Waals surface area contributed by atoms with Gasteiger partial charge >= 0.3 is 0 Å². The monoisotopic (exact) mass is 285 g/mol. The summed E-state index contributed by atoms with van der Waals surface area (Å²) in [6.07, 6.45) is 1.59. The van der Waals surface area contributed by atoms with Crippen LogP contribution in [0, 0.1) is 6.92 Å². The lowest BCUT2D eigenvalue weighted by molar-refractivity contribution is 0.573. The zero-order valence-corrected chi connectivity index (χ0v) is 10.5. The van der Waals surface area contributed by atoms with E-state index in [1.807, 2.05) is 25.1 Å². The molecular formula is C11H9BrClNO. The van der Waals surface area contributed by atoms with E-state index in [1.165, 1.54) is 0 Å². The van der Waals surface area contributed by atoms with E-state index in [2.05, 4.69) is 20.9 Å². The number of aromatic nitrogens is 1. The summed E-state index contributed by atoms with van der Waals surface area (Å²) in [6, 6.07) is 5.97. The van der Waals surface area contributed by atoms with Gasteiger partial charge in [-0.15, -0.1) is 11.6 Å². The summed E-state index contributed by atoms with van der Waals surface area (Å²) >= 11 is 9.08. The van der Waals surface area contributed by atoms with Crippen LogP contribution in [-0.4, -0.2) is 4.98 Å². The molecule has 1 aromatic heterocycles. The molecule has 2 aromatic rings. The fourth-order valence-corrected chi connectivity index (χ4v) is 1.96. The van der Waals surface area contributed by atoms with Crippen molar-refractivity contribution in [2.45, 2.75) is 12.8 Å². The van der Waals surface area contributed by atoms with Crippen LogP contribution in [0.2, 0.25) is 0 Å². The molecule has 4 heteroatoms. The van der Waals surface area contributed by atoms with Crippen molar-refractivity contribution in [2.75, 3.05) is 0 Å². The van der Waals surface area contributed by atoms with Crippen LogP contribution in [0.15, 0.2) is 33.4 Å². The molecule has 15 heavy (non-hydrogen) atoms. The molecule has 0 radical (unpaired) electrons. The molecule has 0 N–H and O–H groups in total. The fraction of sp³-hybridized carbons (Fsp3) is 0.182. The lowest BCUT2D eigenvalue weighted by Gasteiger charge is -2.01. The zero-order valence-electron chi connectivity index (χ0n) is 8.13. The lowest BCUT2D eigenvalue weighted by atomic mass is 10.1. The Kier molecular flexibility index (Phi) is 3.12. The van der Waals surface area contributed by atoms with E-state index in [-0.39, 0.29) is 0 Å². The molecule has 0 spiro atoms. The topological polar surface area (TPSA) is 26.0 Å². The molecule has 2 nitrogen and oxygen atoms in total. The largest absolute Gasteiger partial charge is 0.444 e. The van der Waals surface area contributed by atoms with Gasteiger partial charge in [0.15, 0.2) is 0 Å². The van der Waals surface area contributed by atoms with E-state index in [0.717, 1.165) is 21.3 Å². The van der Waals surface area contributed by atoms with Crippen LogP contribution in [0.1, 0.15) is 11.3 Å². The zero-order chi connectivity index (χ0) is 10.8. The third kappa shape index (κ3) is 2.24. The van der Waals surface area contributed by atoms with Crippen molar-refractivity contribution in [3.63, 3.8) is 0 Å². The van der Waals surface area contributed by atoms with Crippen LogP contribution in [0.25, 0.3) is 11.5 Å². The van der Waals surface area contributed by atoms with Gasteiger partial charge in [0.05, 0.1) is 11.6 Å². The van der Waals surface area contributed by atoms with Gasteiger partial charge < -0.3 is 4.42 Å². The van der Waals surface area contributed by atoms with Crippen molar-refractivity contribution in [2.24, 2.45) is 0 Å². The van der Waals surface area contributed by atoms with Crippen LogP contribution in [0.3, 0.4) is 0 Å². The van der Waals surface area contributed by atoms with Crippen LogP contribution in [0.5, 0.6) is 0 Å². The van der Waals surface area contributed by atoms with Gasteiger partial charge in [-0.1, -0.05) is 15.9 Å². The van der Waals surface area contributed by atoms with E-state index >= 15 is 0 Å². The summed E-state index contributed by atoms with van der Waals surface area (Å²) in [5.41, 5.74) is 2.87. The maximum atomic E-state index is 5.66. The van der Waals surface area contributed by atoms with E-state index in [9.17, 15) is 0 Å². The van der Waals surface area contributed by atoms with E-state index < -0.39 is 0 Å². The fourth-order valence-electron chi connectivity index (χ4n) is 1.36. The molecule has 0 unspecified atom stereocenters. The van der Waals surface area contributed by atoms with E-state index in [4.69, 9.17) is 16.0 Å². The summed E-state index contributed by atoms with van der Waals surface area (Å²) < 4.78 is 6.40. The molecule has 78 valence electrons. The first-order chi connectivity index (χ1) is 7.20. The number of hydrogen-bond acceptors (Lipinski definition) is 2. The summed E-state index contributed by atoms with van der Waals surface area (Å²) in [5, 5.41) is 0. The Bertz CT molecular complexity index is 481. The number of oxazole rings is 1. The summed E-state index contributed by atoms with van der Waals surface area (Å²) in [6.45, 7) is 2.02. The summed E-state index contributed by atoms with van der Waals surface area (Å²) in [7, 11) is 0. The first kappa shape index (κ1) is 10.7. The minimum atomic E-state index is 0.374. The van der Waals surface area contributed by atoms with Gasteiger partial charge in [-0.25, -0.2) is 4.98 Å². The normalized spacial score (nSPS) is 10.6. The summed E-state index contributed by atoms with van der Waals surface area (Å²) in [4.78, 5) is 4.28. The SMILES string of the molecule is Cc1cc(Br)ccc1-c1nc(CCl)co1. The average Bonchev–Trinajstić information content (AvgIpc) is 2.66. The highest BCUT2D eigenvalue weighted by Crippen LogP contribution is 2.25. The van der Waals surface area contributed by atoms with Crippen molar-refractivity contribution in [3.8, 4) is 11.5 Å². The third-order valence-corrected chi connectivity index (χ3v) is 2.87. The number of rotatable bonds is 2. The van der Waals surface area contributed by atoms with Gasteiger partial charge in [-0.3, -0.25) is 0 Å². The molecule has 2 rings (SSSR count). The highest BCUT2D eigenvalue weighted by atomic mass is 79.9. The molecular weight excluding hydrogens is 277 g/mol. The second kappa shape index (κ2) is 4.37. The second-order valence-electron chi connectivity index (χ2n) is 3.24. The Labute approximate surface area is 101 Å². The van der Waals surface area contributed by atoms with Gasteiger partial charge in [0.25, 0.3) is 0 Å². The van der Waals surface area contributed by atoms with E-state index in [0.29, 0.717) is 11.8 Å². The highest BCUT2D eigenvalue weighted by molar-refractivity contribution is 9.10. The molecule has 0 aliphatic heterocycles. The molecule has 0 saturated carbocycles. The molecule has 0 saturated heterocycles. The van der Waals surface area contributed by atoms with Gasteiger partial charge in [0.2, 0.25) is 5.89 Å². The lowest BCUT2D eigenvalue weighted by Crippen LogP contribution is -1.84. The Morgan fingerprint density at radius 3 is 2.87 bits per heavy atom. The molecule has 0 bridgehead atoms. The van der Waals surface area contributed by atoms with Gasteiger partial charge in [0, 0.05) is 10.0 Å². The van der Waals surface area contributed by atoms with Crippen LogP contribution in [-0.2, 0) is 5.88 Å². The first-order valence-electron chi connectivity index (χ1n) is 4.47. The molecule has 1 heterocycles. The van der Waals surface area contributed by atoms with Gasteiger partial charge in [-0.05, 0) is 30.7 Å². The standard InChI is InChI=1S/C11H9BrClNO/c1-7-4-8(12)2-3-10(7)11-14-9(5-13)6-15-11/h2-4,6H,5H2,1H3. The Morgan fingerprint density at radius 1 is 1.47 bits per heavy atom. The molecule has 0 aliphatic rings. The van der Waals surface area contributed by atoms with Crippen molar-refractivity contribution in [3.05, 3.63) is 40.2 Å². The maximum Gasteiger partial charge on any atom is 0.226 e. The minimum Gasteiger partial charge on any atom is -0.444 e. The Balaban J connectivity index is 2.44. The molecule has 0 aliphatic carbocycles. The molecule has 0 fully saturated rings. The van der Waals surface area contributed by atoms with Crippen LogP contribution in [0.4, 0.5) is 0 Å². The Hall–Kier alpha value is -0.800. The number of nitrogens with zero attached hydrogens (tertiary/aromatic N) is 1. The number of halogens is 2. The number of alkyl halides is 1.